The summed E-state index contributed by atoms with van der Waals surface area (Å²) in [5.41, 5.74) is 7.74. The summed E-state index contributed by atoms with van der Waals surface area (Å²) in [4.78, 5) is 0. The molecule has 0 unspecified atom stereocenters. The minimum Gasteiger partial charge on any atom is -0.378 e. The van der Waals surface area contributed by atoms with Crippen molar-refractivity contribution in [3.63, 3.8) is 0 Å². The van der Waals surface area contributed by atoms with Crippen molar-refractivity contribution in [1.29, 1.82) is 0 Å². The molecule has 0 aromatic heterocycles. The van der Waals surface area contributed by atoms with Gasteiger partial charge in [-0.2, -0.15) is 0 Å². The van der Waals surface area contributed by atoms with Gasteiger partial charge in [0.15, 0.2) is 0 Å². The van der Waals surface area contributed by atoms with Gasteiger partial charge in [0.1, 0.15) is 0 Å². The molecule has 3 rings (SSSR count). The molecule has 0 fully saturated rings. The third kappa shape index (κ3) is 3.82. The first-order chi connectivity index (χ1) is 11.5. The van der Waals surface area contributed by atoms with Gasteiger partial charge < -0.3 is 10.6 Å². The van der Waals surface area contributed by atoms with Crippen molar-refractivity contribution in [2.75, 3.05) is 18.4 Å². The van der Waals surface area contributed by atoms with Gasteiger partial charge in [0.05, 0.1) is 0 Å². The fourth-order valence-electron chi connectivity index (χ4n) is 3.30. The van der Waals surface area contributed by atoms with Crippen LogP contribution in [0.15, 0.2) is 42.5 Å². The van der Waals surface area contributed by atoms with E-state index in [-0.39, 0.29) is 6.04 Å². The number of hydrogen-bond acceptors (Lipinski definition) is 2. The molecule has 1 atom stereocenters. The van der Waals surface area contributed by atoms with Gasteiger partial charge >= 0.3 is 0 Å². The number of anilines is 1. The molecule has 3 heteroatoms. The maximum absolute atomic E-state index is 6.08. The molecule has 1 aliphatic heterocycles. The fourth-order valence-corrected chi connectivity index (χ4v) is 3.52. The van der Waals surface area contributed by atoms with Crippen molar-refractivity contribution < 1.29 is 0 Å². The van der Waals surface area contributed by atoms with E-state index >= 15 is 0 Å². The lowest BCUT2D eigenvalue weighted by molar-refractivity contribution is 0.738. The first-order valence-electron chi connectivity index (χ1n) is 8.58. The molecule has 2 N–H and O–H groups in total. The Hall–Kier alpha value is -1.77. The molecule has 1 aliphatic rings. The number of benzene rings is 2. The van der Waals surface area contributed by atoms with Crippen molar-refractivity contribution in [3.05, 3.63) is 69.8 Å². The predicted octanol–water partition coefficient (Wildman–Crippen LogP) is 5.51. The van der Waals surface area contributed by atoms with Crippen LogP contribution in [-0.2, 0) is 0 Å². The Balaban J connectivity index is 1.84. The Labute approximate surface area is 149 Å². The second-order valence-electron chi connectivity index (χ2n) is 6.58. The zero-order valence-corrected chi connectivity index (χ0v) is 15.4. The summed E-state index contributed by atoms with van der Waals surface area (Å²) in [6.07, 6.45) is 3.39. The van der Waals surface area contributed by atoms with Crippen LogP contribution in [0.2, 0.25) is 5.02 Å². The molecule has 0 amide bonds. The van der Waals surface area contributed by atoms with E-state index in [0.717, 1.165) is 24.5 Å². The third-order valence-corrected chi connectivity index (χ3v) is 4.98. The van der Waals surface area contributed by atoms with E-state index in [1.807, 2.05) is 12.1 Å². The highest BCUT2D eigenvalue weighted by atomic mass is 35.5. The SMILES string of the molecule is Cc1ccc(C2=CCNCC2)cc1N[C@H](C)c1ccc(Cl)cc1C. The first-order valence-corrected chi connectivity index (χ1v) is 8.96. The van der Waals surface area contributed by atoms with E-state index in [1.165, 1.54) is 33.5 Å². The van der Waals surface area contributed by atoms with Gasteiger partial charge in [-0.15, -0.1) is 0 Å². The summed E-state index contributed by atoms with van der Waals surface area (Å²) in [7, 11) is 0. The van der Waals surface area contributed by atoms with Gasteiger partial charge in [0.25, 0.3) is 0 Å². The van der Waals surface area contributed by atoms with Crippen LogP contribution in [0.3, 0.4) is 0 Å². The zero-order chi connectivity index (χ0) is 17.1. The van der Waals surface area contributed by atoms with Crippen LogP contribution in [-0.4, -0.2) is 13.1 Å². The van der Waals surface area contributed by atoms with E-state index in [0.29, 0.717) is 0 Å². The van der Waals surface area contributed by atoms with Gasteiger partial charge in [0, 0.05) is 23.3 Å². The minimum atomic E-state index is 0.234. The molecule has 0 bridgehead atoms. The smallest absolute Gasteiger partial charge is 0.0488 e. The number of nitrogens with one attached hydrogen (secondary N) is 2. The van der Waals surface area contributed by atoms with Crippen LogP contribution in [0.5, 0.6) is 0 Å². The summed E-state index contributed by atoms with van der Waals surface area (Å²) >= 11 is 6.08. The number of halogens is 1. The van der Waals surface area contributed by atoms with E-state index in [9.17, 15) is 0 Å². The fraction of sp³-hybridized carbons (Fsp3) is 0.333. The topological polar surface area (TPSA) is 24.1 Å². The van der Waals surface area contributed by atoms with E-state index in [1.54, 1.807) is 0 Å². The molecule has 0 saturated carbocycles. The van der Waals surface area contributed by atoms with Crippen molar-refractivity contribution in [1.82, 2.24) is 5.32 Å². The van der Waals surface area contributed by atoms with E-state index in [4.69, 9.17) is 11.6 Å². The van der Waals surface area contributed by atoms with Crippen molar-refractivity contribution >= 4 is 22.9 Å². The Morgan fingerprint density at radius 1 is 1.08 bits per heavy atom. The summed E-state index contributed by atoms with van der Waals surface area (Å²) in [5, 5.41) is 7.84. The van der Waals surface area contributed by atoms with Crippen LogP contribution in [0.1, 0.15) is 41.6 Å². The lowest BCUT2D eigenvalue weighted by Gasteiger charge is -2.21. The van der Waals surface area contributed by atoms with Crippen LogP contribution >= 0.6 is 11.6 Å². The molecule has 24 heavy (non-hydrogen) atoms. The molecule has 0 radical (unpaired) electrons. The van der Waals surface area contributed by atoms with Crippen LogP contribution < -0.4 is 10.6 Å². The maximum Gasteiger partial charge on any atom is 0.0488 e. The monoisotopic (exact) mass is 340 g/mol. The second kappa shape index (κ2) is 7.42. The Morgan fingerprint density at radius 2 is 1.92 bits per heavy atom. The summed E-state index contributed by atoms with van der Waals surface area (Å²) in [5.74, 6) is 0. The average molecular weight is 341 g/mol. The molecule has 0 spiro atoms. The lowest BCUT2D eigenvalue weighted by Crippen LogP contribution is -2.20. The highest BCUT2D eigenvalue weighted by Crippen LogP contribution is 2.29. The molecule has 0 saturated heterocycles. The largest absolute Gasteiger partial charge is 0.378 e. The van der Waals surface area contributed by atoms with Gasteiger partial charge in [-0.1, -0.05) is 35.9 Å². The number of rotatable bonds is 4. The minimum absolute atomic E-state index is 0.234. The van der Waals surface area contributed by atoms with Crippen LogP contribution in [0.4, 0.5) is 5.69 Å². The highest BCUT2D eigenvalue weighted by molar-refractivity contribution is 6.30. The van der Waals surface area contributed by atoms with Crippen molar-refractivity contribution in [2.45, 2.75) is 33.2 Å². The quantitative estimate of drug-likeness (QED) is 0.767. The van der Waals surface area contributed by atoms with Gasteiger partial charge in [-0.3, -0.25) is 0 Å². The number of aryl methyl sites for hydroxylation is 2. The zero-order valence-electron chi connectivity index (χ0n) is 14.6. The van der Waals surface area contributed by atoms with E-state index in [2.05, 4.69) is 61.7 Å². The molecular formula is C21H25ClN2. The van der Waals surface area contributed by atoms with Gasteiger partial charge in [0.2, 0.25) is 0 Å². The van der Waals surface area contributed by atoms with Crippen molar-refractivity contribution in [2.24, 2.45) is 0 Å². The molecule has 2 nitrogen and oxygen atoms in total. The lowest BCUT2D eigenvalue weighted by atomic mass is 9.97. The normalized spacial score (nSPS) is 15.8. The third-order valence-electron chi connectivity index (χ3n) is 4.74. The van der Waals surface area contributed by atoms with E-state index < -0.39 is 0 Å². The highest BCUT2D eigenvalue weighted by Gasteiger charge is 2.12. The van der Waals surface area contributed by atoms with Crippen LogP contribution in [0, 0.1) is 13.8 Å². The van der Waals surface area contributed by atoms with Crippen molar-refractivity contribution in [3.8, 4) is 0 Å². The second-order valence-corrected chi connectivity index (χ2v) is 7.02. The molecule has 126 valence electrons. The predicted molar refractivity (Wildman–Crippen MR) is 105 cm³/mol. The Bertz CT molecular complexity index is 764. The summed E-state index contributed by atoms with van der Waals surface area (Å²) in [6, 6.07) is 13.1. The summed E-state index contributed by atoms with van der Waals surface area (Å²) < 4.78 is 0. The standard InChI is InChI=1S/C21H25ClN2/c1-14-4-5-18(17-8-10-23-11-9-17)13-21(14)24-16(3)20-7-6-19(22)12-15(20)2/h4-8,12-13,16,23-24H,9-11H2,1-3H3/t16-/m1/s1. The first kappa shape index (κ1) is 17.1. The van der Waals surface area contributed by atoms with Gasteiger partial charge in [-0.05, 0) is 79.8 Å². The molecule has 1 heterocycles. The maximum atomic E-state index is 6.08. The Kier molecular flexibility index (Phi) is 5.27. The number of hydrogen-bond donors (Lipinski definition) is 2. The summed E-state index contributed by atoms with van der Waals surface area (Å²) in [6.45, 7) is 8.49. The van der Waals surface area contributed by atoms with Crippen LogP contribution in [0.25, 0.3) is 5.57 Å². The molecule has 2 aromatic rings. The molecule has 0 aliphatic carbocycles. The molecular weight excluding hydrogens is 316 g/mol. The molecule has 2 aromatic carbocycles. The van der Waals surface area contributed by atoms with Gasteiger partial charge in [-0.25, -0.2) is 0 Å². The Morgan fingerprint density at radius 3 is 2.62 bits per heavy atom. The average Bonchev–Trinajstić information content (AvgIpc) is 2.57.